The molecule has 0 radical (unpaired) electrons. The second-order valence-corrected chi connectivity index (χ2v) is 7.06. The number of fused-ring (bicyclic) bond motifs is 1. The molecule has 29 heavy (non-hydrogen) atoms. The van der Waals surface area contributed by atoms with Crippen LogP contribution in [0.3, 0.4) is 0 Å². The standard InChI is InChI=1S/C19H20N4O6/c24-14-6-5-13(16(25)21-14)23-17(26)11-3-1-4-12(15(11)18(23)27)20-7-10-29-19(28)22-8-2-9-22/h1,3-4,13,20H,2,5-10H2,(H,21,24,25). The second kappa shape index (κ2) is 7.53. The van der Waals surface area contributed by atoms with E-state index in [1.54, 1.807) is 17.0 Å². The van der Waals surface area contributed by atoms with Gasteiger partial charge in [-0.1, -0.05) is 6.07 Å². The lowest BCUT2D eigenvalue weighted by molar-refractivity contribution is -0.136. The lowest BCUT2D eigenvalue weighted by Crippen LogP contribution is -2.54. The maximum atomic E-state index is 12.9. The molecule has 5 amide bonds. The van der Waals surface area contributed by atoms with Gasteiger partial charge in [0.05, 0.1) is 11.1 Å². The van der Waals surface area contributed by atoms with E-state index in [0.29, 0.717) is 18.8 Å². The predicted octanol–water partition coefficient (Wildman–Crippen LogP) is 0.342. The van der Waals surface area contributed by atoms with Gasteiger partial charge < -0.3 is 15.0 Å². The van der Waals surface area contributed by atoms with Crippen LogP contribution in [0.25, 0.3) is 0 Å². The van der Waals surface area contributed by atoms with Gasteiger partial charge in [0.25, 0.3) is 11.8 Å². The van der Waals surface area contributed by atoms with Crippen molar-refractivity contribution in [3.8, 4) is 0 Å². The summed E-state index contributed by atoms with van der Waals surface area (Å²) in [6, 6.07) is 3.79. The summed E-state index contributed by atoms with van der Waals surface area (Å²) in [7, 11) is 0. The average Bonchev–Trinajstić information content (AvgIpc) is 2.89. The number of rotatable bonds is 5. The number of hydrogen-bond acceptors (Lipinski definition) is 7. The molecule has 10 nitrogen and oxygen atoms in total. The molecule has 0 spiro atoms. The minimum atomic E-state index is -1.01. The fourth-order valence-electron chi connectivity index (χ4n) is 3.58. The van der Waals surface area contributed by atoms with Gasteiger partial charge in [-0.3, -0.25) is 29.4 Å². The molecule has 1 aromatic rings. The number of nitrogens with one attached hydrogen (secondary N) is 2. The highest BCUT2D eigenvalue weighted by atomic mass is 16.6. The number of nitrogens with zero attached hydrogens (tertiary/aromatic N) is 2. The number of anilines is 1. The SMILES string of the molecule is O=C1CCC(N2C(=O)c3cccc(NCCOC(=O)N4CCC4)c3C2=O)C(=O)N1. The van der Waals surface area contributed by atoms with Crippen LogP contribution >= 0.6 is 0 Å². The average molecular weight is 400 g/mol. The fourth-order valence-corrected chi connectivity index (χ4v) is 3.58. The monoisotopic (exact) mass is 400 g/mol. The van der Waals surface area contributed by atoms with E-state index in [1.807, 2.05) is 0 Å². The van der Waals surface area contributed by atoms with Crippen LogP contribution in [0.15, 0.2) is 18.2 Å². The highest BCUT2D eigenvalue weighted by Crippen LogP contribution is 2.32. The van der Waals surface area contributed by atoms with Crippen LogP contribution in [0.4, 0.5) is 10.5 Å². The van der Waals surface area contributed by atoms with Crippen LogP contribution < -0.4 is 10.6 Å². The molecule has 0 bridgehead atoms. The Balaban J connectivity index is 1.44. The van der Waals surface area contributed by atoms with Crippen molar-refractivity contribution in [2.75, 3.05) is 31.6 Å². The van der Waals surface area contributed by atoms with Crippen LogP contribution in [-0.4, -0.2) is 71.8 Å². The van der Waals surface area contributed by atoms with Gasteiger partial charge in [-0.25, -0.2) is 4.79 Å². The van der Waals surface area contributed by atoms with E-state index in [1.165, 1.54) is 6.07 Å². The second-order valence-electron chi connectivity index (χ2n) is 7.06. The lowest BCUT2D eigenvalue weighted by atomic mass is 10.0. The number of piperidine rings is 1. The summed E-state index contributed by atoms with van der Waals surface area (Å²) in [5, 5.41) is 5.19. The van der Waals surface area contributed by atoms with E-state index in [0.717, 1.165) is 11.3 Å². The van der Waals surface area contributed by atoms with Crippen molar-refractivity contribution in [1.82, 2.24) is 15.1 Å². The van der Waals surface area contributed by atoms with Gasteiger partial charge in [-0.15, -0.1) is 0 Å². The molecule has 10 heteroatoms. The summed E-state index contributed by atoms with van der Waals surface area (Å²) in [6.07, 6.45) is 0.776. The Bertz CT molecular complexity index is 910. The highest BCUT2D eigenvalue weighted by molar-refractivity contribution is 6.25. The molecule has 0 aliphatic carbocycles. The third kappa shape index (κ3) is 3.41. The van der Waals surface area contributed by atoms with E-state index in [-0.39, 0.29) is 43.2 Å². The first-order valence-corrected chi connectivity index (χ1v) is 9.47. The third-order valence-electron chi connectivity index (χ3n) is 5.23. The molecule has 3 aliphatic heterocycles. The molecule has 2 fully saturated rings. The number of amides is 5. The maximum absolute atomic E-state index is 12.9. The highest BCUT2D eigenvalue weighted by Gasteiger charge is 2.45. The van der Waals surface area contributed by atoms with E-state index < -0.39 is 29.7 Å². The number of ether oxygens (including phenoxy) is 1. The number of imide groups is 2. The first-order valence-electron chi connectivity index (χ1n) is 9.47. The largest absolute Gasteiger partial charge is 0.448 e. The Morgan fingerprint density at radius 3 is 2.66 bits per heavy atom. The predicted molar refractivity (Wildman–Crippen MR) is 99.1 cm³/mol. The molecule has 4 rings (SSSR count). The molecule has 1 unspecified atom stereocenters. The van der Waals surface area contributed by atoms with Crippen molar-refractivity contribution >= 4 is 35.4 Å². The van der Waals surface area contributed by atoms with Crippen molar-refractivity contribution in [3.63, 3.8) is 0 Å². The number of carbonyl (C=O) groups excluding carboxylic acids is 5. The van der Waals surface area contributed by atoms with E-state index in [2.05, 4.69) is 10.6 Å². The van der Waals surface area contributed by atoms with Gasteiger partial charge in [-0.2, -0.15) is 0 Å². The smallest absolute Gasteiger partial charge is 0.409 e. The molecule has 0 aromatic heterocycles. The number of likely N-dealkylation sites (tertiary alicyclic amines) is 1. The van der Waals surface area contributed by atoms with Crippen LogP contribution in [0.5, 0.6) is 0 Å². The third-order valence-corrected chi connectivity index (χ3v) is 5.23. The number of hydrogen-bond donors (Lipinski definition) is 2. The molecule has 3 heterocycles. The van der Waals surface area contributed by atoms with Crippen molar-refractivity contribution in [1.29, 1.82) is 0 Å². The van der Waals surface area contributed by atoms with Crippen molar-refractivity contribution < 1.29 is 28.7 Å². The minimum absolute atomic E-state index is 0.0668. The summed E-state index contributed by atoms with van der Waals surface area (Å²) in [4.78, 5) is 63.4. The van der Waals surface area contributed by atoms with Crippen molar-refractivity contribution in [2.45, 2.75) is 25.3 Å². The zero-order valence-electron chi connectivity index (χ0n) is 15.6. The quantitative estimate of drug-likeness (QED) is 0.539. The molecule has 3 aliphatic rings. The lowest BCUT2D eigenvalue weighted by Gasteiger charge is -2.29. The van der Waals surface area contributed by atoms with Crippen LogP contribution in [0.2, 0.25) is 0 Å². The van der Waals surface area contributed by atoms with E-state index >= 15 is 0 Å². The Kier molecular flexibility index (Phi) is 4.91. The van der Waals surface area contributed by atoms with E-state index in [9.17, 15) is 24.0 Å². The first-order chi connectivity index (χ1) is 14.0. The first kappa shape index (κ1) is 18.9. The Morgan fingerprint density at radius 1 is 1.17 bits per heavy atom. The Morgan fingerprint density at radius 2 is 1.97 bits per heavy atom. The van der Waals surface area contributed by atoms with Crippen LogP contribution in [-0.2, 0) is 14.3 Å². The zero-order chi connectivity index (χ0) is 20.5. The maximum Gasteiger partial charge on any atom is 0.409 e. The molecule has 2 N–H and O–H groups in total. The van der Waals surface area contributed by atoms with Crippen molar-refractivity contribution in [2.24, 2.45) is 0 Å². The fraction of sp³-hybridized carbons (Fsp3) is 0.421. The normalized spacial score (nSPS) is 20.9. The molecule has 152 valence electrons. The van der Waals surface area contributed by atoms with Gasteiger partial charge in [0, 0.05) is 31.7 Å². The molecule has 2 saturated heterocycles. The number of carbonyl (C=O) groups is 5. The molecular weight excluding hydrogens is 380 g/mol. The van der Waals surface area contributed by atoms with Crippen LogP contribution in [0.1, 0.15) is 40.0 Å². The van der Waals surface area contributed by atoms with Crippen molar-refractivity contribution in [3.05, 3.63) is 29.3 Å². The van der Waals surface area contributed by atoms with E-state index in [4.69, 9.17) is 4.74 Å². The summed E-state index contributed by atoms with van der Waals surface area (Å²) in [5.74, 6) is -2.21. The topological polar surface area (TPSA) is 125 Å². The Hall–Kier alpha value is -3.43. The minimum Gasteiger partial charge on any atom is -0.448 e. The summed E-state index contributed by atoms with van der Waals surface area (Å²) < 4.78 is 5.15. The summed E-state index contributed by atoms with van der Waals surface area (Å²) in [5.41, 5.74) is 0.800. The Labute approximate surface area is 166 Å². The van der Waals surface area contributed by atoms with Gasteiger partial charge in [0.1, 0.15) is 12.6 Å². The van der Waals surface area contributed by atoms with Crippen LogP contribution in [0, 0.1) is 0 Å². The molecule has 0 saturated carbocycles. The van der Waals surface area contributed by atoms with Gasteiger partial charge in [-0.05, 0) is 25.0 Å². The number of benzene rings is 1. The molecular formula is C19H20N4O6. The van der Waals surface area contributed by atoms with Gasteiger partial charge in [0.15, 0.2) is 0 Å². The zero-order valence-corrected chi connectivity index (χ0v) is 15.6. The summed E-state index contributed by atoms with van der Waals surface area (Å²) in [6.45, 7) is 1.77. The molecule has 1 aromatic carbocycles. The van der Waals surface area contributed by atoms with Gasteiger partial charge in [0.2, 0.25) is 11.8 Å². The molecule has 1 atom stereocenters. The summed E-state index contributed by atoms with van der Waals surface area (Å²) >= 11 is 0. The van der Waals surface area contributed by atoms with Gasteiger partial charge >= 0.3 is 6.09 Å².